The number of hydrogen-bond donors (Lipinski definition) is 2. The lowest BCUT2D eigenvalue weighted by Gasteiger charge is -2.34. The number of carbonyl (C=O) groups excluding carboxylic acids is 1. The standard InChI is InChI=1S/C24H25F3N4O/c1-3-15-9-11-17(12-10-15)20-13-21(24(25,26)27)31-22(29-20)18(14-28-31)23(32)30-19-8-6-5-7-16(19)4-2/h5-12,14,20-21,29H,3-4,13H2,1-2H3,(H,30,32)/t20-,21+/m1/s1. The second kappa shape index (κ2) is 8.68. The number of aromatic nitrogens is 2. The molecule has 0 bridgehead atoms. The third-order valence-electron chi connectivity index (χ3n) is 5.92. The Balaban J connectivity index is 1.68. The van der Waals surface area contributed by atoms with E-state index >= 15 is 0 Å². The van der Waals surface area contributed by atoms with Gasteiger partial charge >= 0.3 is 6.18 Å². The van der Waals surface area contributed by atoms with Crippen molar-refractivity contribution in [1.82, 2.24) is 9.78 Å². The number of fused-ring (bicyclic) bond motifs is 1. The molecule has 3 aromatic rings. The number of rotatable bonds is 5. The first-order valence-electron chi connectivity index (χ1n) is 10.7. The van der Waals surface area contributed by atoms with Gasteiger partial charge in [-0.1, -0.05) is 56.3 Å². The van der Waals surface area contributed by atoms with Gasteiger partial charge in [-0.25, -0.2) is 4.68 Å². The van der Waals surface area contributed by atoms with Crippen LogP contribution in [0.1, 0.15) is 59.4 Å². The van der Waals surface area contributed by atoms with Gasteiger partial charge in [0.2, 0.25) is 0 Å². The van der Waals surface area contributed by atoms with Crippen LogP contribution in [0.2, 0.25) is 0 Å². The van der Waals surface area contributed by atoms with Crippen molar-refractivity contribution in [2.75, 3.05) is 10.6 Å². The van der Waals surface area contributed by atoms with Crippen LogP contribution in [-0.4, -0.2) is 21.9 Å². The Hall–Kier alpha value is -3.29. The van der Waals surface area contributed by atoms with Gasteiger partial charge in [-0.15, -0.1) is 0 Å². The average Bonchev–Trinajstić information content (AvgIpc) is 3.22. The van der Waals surface area contributed by atoms with Gasteiger partial charge in [0.1, 0.15) is 11.4 Å². The van der Waals surface area contributed by atoms with E-state index in [1.807, 2.05) is 50.2 Å². The van der Waals surface area contributed by atoms with Crippen molar-refractivity contribution in [2.45, 2.75) is 51.4 Å². The molecule has 1 aliphatic heterocycles. The van der Waals surface area contributed by atoms with Crippen molar-refractivity contribution >= 4 is 17.4 Å². The number of amides is 1. The van der Waals surface area contributed by atoms with Crippen molar-refractivity contribution in [2.24, 2.45) is 0 Å². The number of alkyl halides is 3. The van der Waals surface area contributed by atoms with Crippen LogP contribution in [-0.2, 0) is 12.8 Å². The van der Waals surface area contributed by atoms with Gasteiger partial charge in [0.05, 0.1) is 12.2 Å². The molecule has 2 aromatic carbocycles. The summed E-state index contributed by atoms with van der Waals surface area (Å²) in [4.78, 5) is 13.0. The van der Waals surface area contributed by atoms with Crippen LogP contribution in [0.15, 0.2) is 54.7 Å². The molecule has 4 rings (SSSR count). The Bertz CT molecular complexity index is 1110. The molecule has 0 aliphatic carbocycles. The molecule has 0 radical (unpaired) electrons. The molecule has 2 heterocycles. The maximum Gasteiger partial charge on any atom is 0.410 e. The van der Waals surface area contributed by atoms with Gasteiger partial charge in [-0.2, -0.15) is 18.3 Å². The summed E-state index contributed by atoms with van der Waals surface area (Å²) in [5, 5.41) is 9.90. The molecule has 8 heteroatoms. The van der Waals surface area contributed by atoms with E-state index in [1.165, 1.54) is 6.20 Å². The van der Waals surface area contributed by atoms with Crippen LogP contribution in [0.25, 0.3) is 0 Å². The summed E-state index contributed by atoms with van der Waals surface area (Å²) in [6.07, 6.45) is -1.93. The Labute approximate surface area is 184 Å². The summed E-state index contributed by atoms with van der Waals surface area (Å²) in [7, 11) is 0. The van der Waals surface area contributed by atoms with Gasteiger partial charge in [0, 0.05) is 12.1 Å². The van der Waals surface area contributed by atoms with E-state index in [1.54, 1.807) is 12.1 Å². The van der Waals surface area contributed by atoms with Gasteiger partial charge in [-0.05, 0) is 35.6 Å². The van der Waals surface area contributed by atoms with Crippen LogP contribution >= 0.6 is 0 Å². The van der Waals surface area contributed by atoms with Gasteiger partial charge in [-0.3, -0.25) is 4.79 Å². The number of carbonyl (C=O) groups is 1. The Morgan fingerprint density at radius 3 is 2.50 bits per heavy atom. The highest BCUT2D eigenvalue weighted by molar-refractivity contribution is 6.07. The fourth-order valence-electron chi connectivity index (χ4n) is 4.07. The maximum atomic E-state index is 13.9. The van der Waals surface area contributed by atoms with Crippen LogP contribution in [0.5, 0.6) is 0 Å². The minimum atomic E-state index is -4.49. The van der Waals surface area contributed by atoms with Gasteiger partial charge < -0.3 is 10.6 Å². The normalized spacial score (nSPS) is 18.0. The molecule has 0 saturated heterocycles. The highest BCUT2D eigenvalue weighted by Gasteiger charge is 2.47. The largest absolute Gasteiger partial charge is 0.410 e. The zero-order chi connectivity index (χ0) is 22.9. The molecule has 0 fully saturated rings. The van der Waals surface area contributed by atoms with Crippen molar-refractivity contribution in [1.29, 1.82) is 0 Å². The third-order valence-corrected chi connectivity index (χ3v) is 5.92. The van der Waals surface area contributed by atoms with Crippen molar-refractivity contribution < 1.29 is 18.0 Å². The number of para-hydroxylation sites is 1. The quantitative estimate of drug-likeness (QED) is 0.516. The first kappa shape index (κ1) is 21.9. The molecular weight excluding hydrogens is 417 g/mol. The van der Waals surface area contributed by atoms with Crippen molar-refractivity contribution in [3.63, 3.8) is 0 Å². The predicted molar refractivity (Wildman–Crippen MR) is 118 cm³/mol. The lowest BCUT2D eigenvalue weighted by Crippen LogP contribution is -2.36. The van der Waals surface area contributed by atoms with Gasteiger partial charge in [0.25, 0.3) is 5.91 Å². The first-order valence-corrected chi connectivity index (χ1v) is 10.7. The fourth-order valence-corrected chi connectivity index (χ4v) is 4.07. The topological polar surface area (TPSA) is 59.0 Å². The smallest absolute Gasteiger partial charge is 0.363 e. The molecule has 0 saturated carbocycles. The van der Waals surface area contributed by atoms with E-state index in [0.29, 0.717) is 12.1 Å². The minimum Gasteiger partial charge on any atom is -0.363 e. The lowest BCUT2D eigenvalue weighted by molar-refractivity contribution is -0.173. The Morgan fingerprint density at radius 2 is 1.84 bits per heavy atom. The molecule has 1 aromatic heterocycles. The highest BCUT2D eigenvalue weighted by atomic mass is 19.4. The highest BCUT2D eigenvalue weighted by Crippen LogP contribution is 2.44. The first-order chi connectivity index (χ1) is 15.3. The monoisotopic (exact) mass is 442 g/mol. The summed E-state index contributed by atoms with van der Waals surface area (Å²) in [5.74, 6) is -0.419. The number of aryl methyl sites for hydroxylation is 2. The van der Waals surface area contributed by atoms with E-state index in [0.717, 1.165) is 27.8 Å². The molecule has 0 spiro atoms. The number of nitrogens with zero attached hydrogens (tertiary/aromatic N) is 2. The number of anilines is 2. The lowest BCUT2D eigenvalue weighted by atomic mass is 9.95. The van der Waals surface area contributed by atoms with Crippen LogP contribution in [0.3, 0.4) is 0 Å². The summed E-state index contributed by atoms with van der Waals surface area (Å²) in [6.45, 7) is 3.99. The number of nitrogens with one attached hydrogen (secondary N) is 2. The predicted octanol–water partition coefficient (Wildman–Crippen LogP) is 5.92. The van der Waals surface area contributed by atoms with E-state index in [9.17, 15) is 18.0 Å². The molecule has 5 nitrogen and oxygen atoms in total. The minimum absolute atomic E-state index is 0.0784. The second-order valence-corrected chi connectivity index (χ2v) is 7.90. The van der Waals surface area contributed by atoms with E-state index < -0.39 is 24.2 Å². The van der Waals surface area contributed by atoms with E-state index in [-0.39, 0.29) is 17.8 Å². The van der Waals surface area contributed by atoms with Crippen LogP contribution < -0.4 is 10.6 Å². The summed E-state index contributed by atoms with van der Waals surface area (Å²) in [5.41, 5.74) is 3.51. The Morgan fingerprint density at radius 1 is 1.12 bits per heavy atom. The fraction of sp³-hybridized carbons (Fsp3) is 0.333. The summed E-state index contributed by atoms with van der Waals surface area (Å²) < 4.78 is 42.6. The van der Waals surface area contributed by atoms with Crippen LogP contribution in [0.4, 0.5) is 24.7 Å². The third kappa shape index (κ3) is 4.22. The van der Waals surface area contributed by atoms with Crippen LogP contribution in [0, 0.1) is 0 Å². The summed E-state index contributed by atoms with van der Waals surface area (Å²) in [6, 6.07) is 12.5. The molecule has 2 atom stereocenters. The average molecular weight is 442 g/mol. The van der Waals surface area contributed by atoms with Crippen molar-refractivity contribution in [3.05, 3.63) is 77.0 Å². The molecule has 168 valence electrons. The zero-order valence-electron chi connectivity index (χ0n) is 17.9. The second-order valence-electron chi connectivity index (χ2n) is 7.90. The SMILES string of the molecule is CCc1ccc([C@H]2C[C@@H](C(F)(F)F)n3ncc(C(=O)Nc4ccccc4CC)c3N2)cc1. The molecule has 1 aliphatic rings. The Kier molecular flexibility index (Phi) is 5.95. The maximum absolute atomic E-state index is 13.9. The number of halogens is 3. The summed E-state index contributed by atoms with van der Waals surface area (Å²) >= 11 is 0. The molecule has 2 N–H and O–H groups in total. The molecule has 1 amide bonds. The number of benzene rings is 2. The van der Waals surface area contributed by atoms with E-state index in [4.69, 9.17) is 0 Å². The van der Waals surface area contributed by atoms with E-state index in [2.05, 4.69) is 15.7 Å². The van der Waals surface area contributed by atoms with Crippen molar-refractivity contribution in [3.8, 4) is 0 Å². The number of hydrogen-bond acceptors (Lipinski definition) is 3. The molecule has 32 heavy (non-hydrogen) atoms. The molecule has 0 unspecified atom stereocenters. The van der Waals surface area contributed by atoms with Gasteiger partial charge in [0.15, 0.2) is 6.04 Å². The molecular formula is C24H25F3N4O. The zero-order valence-corrected chi connectivity index (χ0v) is 17.9.